The number of aromatic nitrogens is 2. The summed E-state index contributed by atoms with van der Waals surface area (Å²) in [6.45, 7) is 2.67. The topological polar surface area (TPSA) is 75.2 Å². The van der Waals surface area contributed by atoms with Crippen LogP contribution in [0.25, 0.3) is 0 Å². The summed E-state index contributed by atoms with van der Waals surface area (Å²) in [4.78, 5) is 36.3. The molecule has 0 aliphatic carbocycles. The molecule has 2 aromatic heterocycles. The van der Waals surface area contributed by atoms with E-state index in [4.69, 9.17) is 0 Å². The molecule has 4 rings (SSSR count). The van der Waals surface area contributed by atoms with Gasteiger partial charge in [0.15, 0.2) is 5.78 Å². The second-order valence-corrected chi connectivity index (χ2v) is 8.05. The molecule has 0 bridgehead atoms. The number of carbonyl (C=O) groups excluding carboxylic acids is 2. The number of hydrogen-bond donors (Lipinski definition) is 1. The Morgan fingerprint density at radius 3 is 2.09 bits per heavy atom. The van der Waals surface area contributed by atoms with Crippen LogP contribution < -0.4 is 5.32 Å². The van der Waals surface area contributed by atoms with Gasteiger partial charge in [-0.1, -0.05) is 24.3 Å². The zero-order chi connectivity index (χ0) is 22.2. The fourth-order valence-electron chi connectivity index (χ4n) is 3.98. The van der Waals surface area contributed by atoms with E-state index in [1.807, 2.05) is 48.5 Å². The van der Waals surface area contributed by atoms with E-state index < -0.39 is 0 Å². The smallest absolute Gasteiger partial charge is 0.223 e. The Balaban J connectivity index is 1.42. The van der Waals surface area contributed by atoms with E-state index in [-0.39, 0.29) is 24.5 Å². The van der Waals surface area contributed by atoms with Crippen molar-refractivity contribution in [3.05, 3.63) is 95.1 Å². The number of Topliss-reactive ketones (excluding diaryl/α,β-unsaturated/α-hetero) is 1. The quantitative estimate of drug-likeness (QED) is 0.557. The molecule has 32 heavy (non-hydrogen) atoms. The minimum atomic E-state index is -0.0754. The van der Waals surface area contributed by atoms with E-state index in [0.29, 0.717) is 18.7 Å². The fourth-order valence-corrected chi connectivity index (χ4v) is 3.98. The third-order valence-corrected chi connectivity index (χ3v) is 5.75. The molecule has 3 heterocycles. The van der Waals surface area contributed by atoms with Gasteiger partial charge in [-0.3, -0.25) is 19.6 Å². The van der Waals surface area contributed by atoms with Crippen LogP contribution in [0.2, 0.25) is 0 Å². The van der Waals surface area contributed by atoms with Gasteiger partial charge >= 0.3 is 0 Å². The van der Waals surface area contributed by atoms with Crippen molar-refractivity contribution in [2.75, 3.05) is 13.1 Å². The molecule has 0 saturated heterocycles. The minimum Gasteiger partial charge on any atom is -0.331 e. The third-order valence-electron chi connectivity index (χ3n) is 5.75. The monoisotopic (exact) mass is 428 g/mol. The highest BCUT2D eigenvalue weighted by atomic mass is 16.2. The highest BCUT2D eigenvalue weighted by molar-refractivity contribution is 5.98. The van der Waals surface area contributed by atoms with Crippen LogP contribution in [-0.2, 0) is 30.7 Å². The van der Waals surface area contributed by atoms with Gasteiger partial charge in [-0.15, -0.1) is 0 Å². The van der Waals surface area contributed by atoms with Crippen LogP contribution in [0.4, 0.5) is 0 Å². The molecular formula is C26H28N4O2. The number of carbonyl (C=O) groups is 2. The van der Waals surface area contributed by atoms with Crippen molar-refractivity contribution in [2.45, 2.75) is 38.8 Å². The van der Waals surface area contributed by atoms with E-state index in [1.165, 1.54) is 11.1 Å². The normalized spacial score (nSPS) is 13.1. The summed E-state index contributed by atoms with van der Waals surface area (Å²) in [5.74, 6) is -0.0670. The Morgan fingerprint density at radius 1 is 0.812 bits per heavy atom. The molecule has 1 N–H and O–H groups in total. The van der Waals surface area contributed by atoms with Crippen LogP contribution in [-0.4, -0.2) is 39.6 Å². The van der Waals surface area contributed by atoms with E-state index in [0.717, 1.165) is 37.3 Å². The van der Waals surface area contributed by atoms with Gasteiger partial charge in [0.2, 0.25) is 5.91 Å². The number of ketones is 1. The number of benzene rings is 1. The maximum Gasteiger partial charge on any atom is 0.223 e. The van der Waals surface area contributed by atoms with Crippen molar-refractivity contribution in [2.24, 2.45) is 0 Å². The van der Waals surface area contributed by atoms with Gasteiger partial charge < -0.3 is 10.2 Å². The third kappa shape index (κ3) is 5.86. The predicted octanol–water partition coefficient (Wildman–Crippen LogP) is 3.36. The molecule has 3 aromatic rings. The first-order valence-corrected chi connectivity index (χ1v) is 11.1. The lowest BCUT2D eigenvalue weighted by molar-refractivity contribution is -0.132. The molecule has 6 heteroatoms. The number of nitrogens with one attached hydrogen (secondary N) is 1. The van der Waals surface area contributed by atoms with Gasteiger partial charge in [0.25, 0.3) is 0 Å². The molecule has 0 atom stereocenters. The standard InChI is InChI=1S/C26H28N4O2/c31-25(22-8-7-20-11-15-27-16-12-21(20)17-22)9-10-26(32)30(18-23-5-1-3-13-28-23)19-24-6-2-4-14-29-24/h1-8,13-14,17,27H,9-12,15-16,18-19H2. The first kappa shape index (κ1) is 21.8. The largest absolute Gasteiger partial charge is 0.331 e. The average Bonchev–Trinajstić information content (AvgIpc) is 3.08. The summed E-state index contributed by atoms with van der Waals surface area (Å²) in [7, 11) is 0. The summed E-state index contributed by atoms with van der Waals surface area (Å²) in [5, 5.41) is 3.39. The Hall–Kier alpha value is -3.38. The Morgan fingerprint density at radius 2 is 1.47 bits per heavy atom. The number of amides is 1. The lowest BCUT2D eigenvalue weighted by atomic mass is 9.97. The maximum atomic E-state index is 13.1. The van der Waals surface area contributed by atoms with Crippen molar-refractivity contribution < 1.29 is 9.59 Å². The first-order valence-electron chi connectivity index (χ1n) is 11.1. The van der Waals surface area contributed by atoms with Crippen molar-refractivity contribution in [3.8, 4) is 0 Å². The highest BCUT2D eigenvalue weighted by Crippen LogP contribution is 2.18. The Kier molecular flexibility index (Phi) is 7.35. The van der Waals surface area contributed by atoms with Gasteiger partial charge in [-0.25, -0.2) is 0 Å². The van der Waals surface area contributed by atoms with Crippen molar-refractivity contribution >= 4 is 11.7 Å². The SMILES string of the molecule is O=C(CCC(=O)N(Cc1ccccn1)Cc1ccccn1)c1ccc2c(c1)CCNCC2. The molecule has 1 aliphatic rings. The number of hydrogen-bond acceptors (Lipinski definition) is 5. The fraction of sp³-hybridized carbons (Fsp3) is 0.308. The summed E-state index contributed by atoms with van der Waals surface area (Å²) < 4.78 is 0. The lowest BCUT2D eigenvalue weighted by Crippen LogP contribution is -2.31. The summed E-state index contributed by atoms with van der Waals surface area (Å²) >= 11 is 0. The summed E-state index contributed by atoms with van der Waals surface area (Å²) in [5.41, 5.74) is 4.85. The van der Waals surface area contributed by atoms with Gasteiger partial charge in [0.05, 0.1) is 24.5 Å². The molecule has 6 nitrogen and oxygen atoms in total. The number of nitrogens with zero attached hydrogens (tertiary/aromatic N) is 3. The van der Waals surface area contributed by atoms with Crippen molar-refractivity contribution in [1.29, 1.82) is 0 Å². The number of pyridine rings is 2. The second kappa shape index (κ2) is 10.8. The molecule has 1 aromatic carbocycles. The van der Waals surface area contributed by atoms with Crippen molar-refractivity contribution in [1.82, 2.24) is 20.2 Å². The van der Waals surface area contributed by atoms with Crippen LogP contribution in [0, 0.1) is 0 Å². The van der Waals surface area contributed by atoms with Gasteiger partial charge in [-0.05, 0) is 67.4 Å². The number of rotatable bonds is 8. The Bertz CT molecular complexity index is 1010. The van der Waals surface area contributed by atoms with Crippen LogP contribution in [0.15, 0.2) is 67.0 Å². The molecule has 0 radical (unpaired) electrons. The predicted molar refractivity (Wildman–Crippen MR) is 123 cm³/mol. The first-order chi connectivity index (χ1) is 15.7. The summed E-state index contributed by atoms with van der Waals surface area (Å²) in [6.07, 6.45) is 5.70. The molecule has 1 amide bonds. The van der Waals surface area contributed by atoms with Gasteiger partial charge in [-0.2, -0.15) is 0 Å². The molecule has 0 spiro atoms. The minimum absolute atomic E-state index is 0.00831. The maximum absolute atomic E-state index is 13.1. The van der Waals surface area contributed by atoms with Crippen LogP contribution in [0.5, 0.6) is 0 Å². The average molecular weight is 429 g/mol. The zero-order valence-corrected chi connectivity index (χ0v) is 18.2. The van der Waals surface area contributed by atoms with Gasteiger partial charge in [0, 0.05) is 30.8 Å². The van der Waals surface area contributed by atoms with Crippen LogP contribution >= 0.6 is 0 Å². The summed E-state index contributed by atoms with van der Waals surface area (Å²) in [6, 6.07) is 17.3. The van der Waals surface area contributed by atoms with Crippen LogP contribution in [0.1, 0.15) is 45.7 Å². The molecular weight excluding hydrogens is 400 g/mol. The highest BCUT2D eigenvalue weighted by Gasteiger charge is 2.18. The van der Waals surface area contributed by atoms with E-state index in [2.05, 4.69) is 21.4 Å². The number of fused-ring (bicyclic) bond motifs is 1. The second-order valence-electron chi connectivity index (χ2n) is 8.05. The molecule has 0 saturated carbocycles. The zero-order valence-electron chi connectivity index (χ0n) is 18.2. The molecule has 0 unspecified atom stereocenters. The van der Waals surface area contributed by atoms with E-state index in [1.54, 1.807) is 17.3 Å². The molecule has 164 valence electrons. The van der Waals surface area contributed by atoms with Gasteiger partial charge in [0.1, 0.15) is 0 Å². The van der Waals surface area contributed by atoms with E-state index >= 15 is 0 Å². The van der Waals surface area contributed by atoms with E-state index in [9.17, 15) is 9.59 Å². The molecule has 0 fully saturated rings. The van der Waals surface area contributed by atoms with Crippen molar-refractivity contribution in [3.63, 3.8) is 0 Å². The molecule has 1 aliphatic heterocycles. The Labute approximate surface area is 188 Å². The van der Waals surface area contributed by atoms with Crippen LogP contribution in [0.3, 0.4) is 0 Å². The lowest BCUT2D eigenvalue weighted by Gasteiger charge is -2.22.